The van der Waals surface area contributed by atoms with Crippen LogP contribution in [0.3, 0.4) is 0 Å². The number of Topliss-reactive ketones (excluding diaryl/α,β-unsaturated/α-hetero) is 1. The number of hydrogen-bond donors (Lipinski definition) is 1. The number of hydrogen-bond acceptors (Lipinski definition) is 7. The average Bonchev–Trinajstić information content (AvgIpc) is 3.42. The standard InChI is InChI=1S/C26H43NO7/c1-26(2,3)24(28)10-12-30-14-16-32-18-19-33-17-15-31-13-11-27-25(29)34-20-23-21-8-6-4-5-7-9-22(21)23/h21-23H,6-20H2,1-3H3,(H,27,29). The number of alkyl carbamates (subject to hydrolysis) is 1. The number of nitrogens with one attached hydrogen (secondary N) is 1. The molecule has 2 aliphatic carbocycles. The Morgan fingerprint density at radius 3 is 1.82 bits per heavy atom. The molecule has 0 heterocycles. The lowest BCUT2D eigenvalue weighted by Gasteiger charge is -2.16. The molecule has 194 valence electrons. The van der Waals surface area contributed by atoms with Crippen molar-refractivity contribution in [2.75, 3.05) is 66.0 Å². The molecule has 1 amide bonds. The maximum Gasteiger partial charge on any atom is 0.407 e. The van der Waals surface area contributed by atoms with Crippen LogP contribution in [-0.4, -0.2) is 77.9 Å². The summed E-state index contributed by atoms with van der Waals surface area (Å²) < 4.78 is 27.1. The van der Waals surface area contributed by atoms with E-state index in [0.29, 0.717) is 90.2 Å². The topological polar surface area (TPSA) is 92.3 Å². The highest BCUT2D eigenvalue weighted by Crippen LogP contribution is 2.52. The van der Waals surface area contributed by atoms with Gasteiger partial charge in [-0.1, -0.05) is 20.8 Å². The van der Waals surface area contributed by atoms with Crippen molar-refractivity contribution in [3.63, 3.8) is 0 Å². The zero-order valence-electron chi connectivity index (χ0n) is 21.2. The first-order chi connectivity index (χ1) is 16.4. The van der Waals surface area contributed by atoms with Crippen LogP contribution in [0.25, 0.3) is 0 Å². The lowest BCUT2D eigenvalue weighted by Crippen LogP contribution is -2.29. The van der Waals surface area contributed by atoms with Gasteiger partial charge >= 0.3 is 6.09 Å². The normalized spacial score (nSPS) is 21.4. The fourth-order valence-corrected chi connectivity index (χ4v) is 4.03. The second-order valence-corrected chi connectivity index (χ2v) is 9.82. The summed E-state index contributed by atoms with van der Waals surface area (Å²) in [6.45, 7) is 10.3. The van der Waals surface area contributed by atoms with Gasteiger partial charge < -0.3 is 29.0 Å². The van der Waals surface area contributed by atoms with Crippen LogP contribution in [0.2, 0.25) is 0 Å². The number of rotatable bonds is 17. The molecule has 34 heavy (non-hydrogen) atoms. The molecule has 0 aromatic heterocycles. The molecule has 0 radical (unpaired) electrons. The zero-order chi connectivity index (χ0) is 24.7. The fourth-order valence-electron chi connectivity index (χ4n) is 4.03. The van der Waals surface area contributed by atoms with E-state index in [1.165, 1.54) is 0 Å². The van der Waals surface area contributed by atoms with E-state index in [0.717, 1.165) is 25.7 Å². The van der Waals surface area contributed by atoms with E-state index in [4.69, 9.17) is 23.7 Å². The van der Waals surface area contributed by atoms with E-state index in [-0.39, 0.29) is 17.3 Å². The van der Waals surface area contributed by atoms with E-state index in [1.807, 2.05) is 20.8 Å². The Labute approximate surface area is 204 Å². The van der Waals surface area contributed by atoms with Crippen LogP contribution in [-0.2, 0) is 28.5 Å². The van der Waals surface area contributed by atoms with Crippen LogP contribution in [0, 0.1) is 35.0 Å². The van der Waals surface area contributed by atoms with Gasteiger partial charge in [0.15, 0.2) is 0 Å². The van der Waals surface area contributed by atoms with Gasteiger partial charge in [-0.3, -0.25) is 4.79 Å². The van der Waals surface area contributed by atoms with Gasteiger partial charge in [0.25, 0.3) is 0 Å². The van der Waals surface area contributed by atoms with Crippen molar-refractivity contribution >= 4 is 11.9 Å². The first-order valence-electron chi connectivity index (χ1n) is 12.6. The SMILES string of the molecule is CC(C)(C)C(=O)CCOCCOCCOCCOCCNC(=O)OCC1C2CCC#CCCC21. The number of ether oxygens (including phenoxy) is 5. The van der Waals surface area contributed by atoms with Crippen molar-refractivity contribution in [1.82, 2.24) is 5.32 Å². The molecule has 0 aromatic rings. The Kier molecular flexibility index (Phi) is 13.5. The molecule has 2 rings (SSSR count). The molecular weight excluding hydrogens is 438 g/mol. The summed E-state index contributed by atoms with van der Waals surface area (Å²) in [4.78, 5) is 23.6. The third kappa shape index (κ3) is 12.2. The van der Waals surface area contributed by atoms with Crippen molar-refractivity contribution in [2.45, 2.75) is 52.9 Å². The summed E-state index contributed by atoms with van der Waals surface area (Å²) in [6.07, 6.45) is 4.25. The molecule has 0 spiro atoms. The van der Waals surface area contributed by atoms with E-state index >= 15 is 0 Å². The van der Waals surface area contributed by atoms with Crippen molar-refractivity contribution in [3.8, 4) is 11.8 Å². The molecule has 0 aliphatic heterocycles. The van der Waals surface area contributed by atoms with Gasteiger partial charge in [0.2, 0.25) is 0 Å². The minimum absolute atomic E-state index is 0.201. The van der Waals surface area contributed by atoms with Gasteiger partial charge in [-0.25, -0.2) is 4.79 Å². The third-order valence-electron chi connectivity index (χ3n) is 6.19. The fraction of sp³-hybridized carbons (Fsp3) is 0.846. The minimum atomic E-state index is -0.377. The first kappa shape index (κ1) is 28.6. The number of fused-ring (bicyclic) bond motifs is 1. The zero-order valence-corrected chi connectivity index (χ0v) is 21.2. The van der Waals surface area contributed by atoms with Gasteiger partial charge in [0.1, 0.15) is 5.78 Å². The van der Waals surface area contributed by atoms with Gasteiger partial charge in [0.05, 0.1) is 59.5 Å². The van der Waals surface area contributed by atoms with Crippen LogP contribution in [0.1, 0.15) is 52.9 Å². The Hall–Kier alpha value is -1.66. The van der Waals surface area contributed by atoms with Gasteiger partial charge in [-0.05, 0) is 30.6 Å². The summed E-state index contributed by atoms with van der Waals surface area (Å²) in [5.41, 5.74) is -0.312. The summed E-state index contributed by atoms with van der Waals surface area (Å²) in [5.74, 6) is 8.45. The quantitative estimate of drug-likeness (QED) is 0.252. The van der Waals surface area contributed by atoms with E-state index in [2.05, 4.69) is 17.2 Å². The van der Waals surface area contributed by atoms with Crippen molar-refractivity contribution in [1.29, 1.82) is 0 Å². The lowest BCUT2D eigenvalue weighted by atomic mass is 9.89. The van der Waals surface area contributed by atoms with Gasteiger partial charge in [0, 0.05) is 31.2 Å². The Bertz CT molecular complexity index is 646. The molecule has 8 nitrogen and oxygen atoms in total. The third-order valence-corrected chi connectivity index (χ3v) is 6.19. The molecule has 0 aromatic carbocycles. The maximum absolute atomic E-state index is 11.8. The van der Waals surface area contributed by atoms with E-state index < -0.39 is 0 Å². The molecule has 1 saturated carbocycles. The van der Waals surface area contributed by atoms with Crippen LogP contribution in [0.5, 0.6) is 0 Å². The second-order valence-electron chi connectivity index (χ2n) is 9.82. The average molecular weight is 482 g/mol. The first-order valence-corrected chi connectivity index (χ1v) is 12.6. The molecule has 1 fully saturated rings. The van der Waals surface area contributed by atoms with Crippen molar-refractivity contribution < 1.29 is 33.3 Å². The smallest absolute Gasteiger partial charge is 0.407 e. The number of amides is 1. The lowest BCUT2D eigenvalue weighted by molar-refractivity contribution is -0.127. The number of carbonyl (C=O) groups excluding carboxylic acids is 2. The predicted octanol–water partition coefficient (Wildman–Crippen LogP) is 3.22. The molecule has 2 atom stereocenters. The van der Waals surface area contributed by atoms with Crippen LogP contribution in [0.4, 0.5) is 4.79 Å². The van der Waals surface area contributed by atoms with E-state index in [1.54, 1.807) is 0 Å². The van der Waals surface area contributed by atoms with Crippen LogP contribution in [0.15, 0.2) is 0 Å². The molecule has 1 N–H and O–H groups in total. The Balaban J connectivity index is 1.28. The molecule has 2 unspecified atom stereocenters. The summed E-state index contributed by atoms with van der Waals surface area (Å²) >= 11 is 0. The Morgan fingerprint density at radius 2 is 1.29 bits per heavy atom. The van der Waals surface area contributed by atoms with Crippen LogP contribution >= 0.6 is 0 Å². The monoisotopic (exact) mass is 481 g/mol. The molecule has 2 aliphatic rings. The van der Waals surface area contributed by atoms with Crippen LogP contribution < -0.4 is 5.32 Å². The summed E-state index contributed by atoms with van der Waals surface area (Å²) in [6, 6.07) is 0. The number of carbonyl (C=O) groups is 2. The van der Waals surface area contributed by atoms with Crippen molar-refractivity contribution in [3.05, 3.63) is 0 Å². The minimum Gasteiger partial charge on any atom is -0.449 e. The largest absolute Gasteiger partial charge is 0.449 e. The Morgan fingerprint density at radius 1 is 0.794 bits per heavy atom. The predicted molar refractivity (Wildman–Crippen MR) is 128 cm³/mol. The highest BCUT2D eigenvalue weighted by molar-refractivity contribution is 5.83. The van der Waals surface area contributed by atoms with Crippen molar-refractivity contribution in [2.24, 2.45) is 23.2 Å². The molecular formula is C26H43NO7. The summed E-state index contributed by atoms with van der Waals surface area (Å²) in [5, 5.41) is 2.72. The maximum atomic E-state index is 11.8. The highest BCUT2D eigenvalue weighted by atomic mass is 16.6. The molecule has 0 saturated heterocycles. The second kappa shape index (κ2) is 16.1. The molecule has 8 heteroatoms. The molecule has 0 bridgehead atoms. The van der Waals surface area contributed by atoms with E-state index in [9.17, 15) is 9.59 Å². The van der Waals surface area contributed by atoms with Gasteiger partial charge in [-0.15, -0.1) is 11.8 Å². The highest BCUT2D eigenvalue weighted by Gasteiger charge is 2.49. The van der Waals surface area contributed by atoms with Gasteiger partial charge in [-0.2, -0.15) is 0 Å². The summed E-state index contributed by atoms with van der Waals surface area (Å²) in [7, 11) is 0. The number of ketones is 1.